The Balaban J connectivity index is 1.45. The minimum absolute atomic E-state index is 0.0335. The summed E-state index contributed by atoms with van der Waals surface area (Å²) in [7, 11) is 2.08. The average molecular weight is 475 g/mol. The van der Waals surface area contributed by atoms with Gasteiger partial charge in [0.15, 0.2) is 0 Å². The molecule has 4 aliphatic rings. The van der Waals surface area contributed by atoms with Crippen molar-refractivity contribution in [3.05, 3.63) is 0 Å². The van der Waals surface area contributed by atoms with E-state index < -0.39 is 35.4 Å². The lowest BCUT2D eigenvalue weighted by Crippen LogP contribution is -2.46. The minimum atomic E-state index is -4.35. The highest BCUT2D eigenvalue weighted by Crippen LogP contribution is 2.52. The highest BCUT2D eigenvalue weighted by atomic mass is 19.4. The normalized spacial score (nSPS) is 39.7. The number of aliphatic hydroxyl groups is 1. The van der Waals surface area contributed by atoms with Crippen molar-refractivity contribution in [3.63, 3.8) is 0 Å². The summed E-state index contributed by atoms with van der Waals surface area (Å²) in [6.45, 7) is 6.43. The first-order valence-electron chi connectivity index (χ1n) is 12.6. The molecule has 0 aromatic rings. The Bertz CT molecular complexity index is 713. The largest absolute Gasteiger partial charge is 0.392 e. The molecule has 2 saturated carbocycles. The van der Waals surface area contributed by atoms with E-state index in [0.717, 1.165) is 38.8 Å². The molecule has 0 aromatic carbocycles. The predicted molar refractivity (Wildman–Crippen MR) is 119 cm³/mol. The van der Waals surface area contributed by atoms with Gasteiger partial charge in [-0.25, -0.2) is 10.9 Å². The third-order valence-corrected chi connectivity index (χ3v) is 9.19. The second-order valence-corrected chi connectivity index (χ2v) is 11.8. The number of amides is 1. The van der Waals surface area contributed by atoms with E-state index in [0.29, 0.717) is 18.3 Å². The fourth-order valence-electron chi connectivity index (χ4n) is 6.98. The Hall–Kier alpha value is -0.900. The van der Waals surface area contributed by atoms with Crippen LogP contribution in [0.1, 0.15) is 65.7 Å². The monoisotopic (exact) mass is 474 g/mol. The number of fused-ring (bicyclic) bond motifs is 1. The quantitative estimate of drug-likeness (QED) is 0.571. The van der Waals surface area contributed by atoms with Crippen LogP contribution in [0.2, 0.25) is 0 Å². The van der Waals surface area contributed by atoms with Crippen LogP contribution in [0.15, 0.2) is 0 Å². The van der Waals surface area contributed by atoms with Crippen molar-refractivity contribution in [3.8, 4) is 0 Å². The molecule has 2 aliphatic heterocycles. The van der Waals surface area contributed by atoms with E-state index in [9.17, 15) is 23.1 Å². The molecule has 7 unspecified atom stereocenters. The first kappa shape index (κ1) is 25.2. The molecule has 1 amide bonds. The number of rotatable bonds is 5. The Morgan fingerprint density at radius 2 is 1.91 bits per heavy atom. The molecule has 6 nitrogen and oxygen atoms in total. The number of halogens is 3. The smallest absolute Gasteiger partial charge is 0.390 e. The van der Waals surface area contributed by atoms with Crippen molar-refractivity contribution < 1.29 is 23.1 Å². The van der Waals surface area contributed by atoms with E-state index in [1.54, 1.807) is 18.7 Å². The Labute approximate surface area is 195 Å². The Kier molecular flexibility index (Phi) is 7.09. The number of hydrazine groups is 1. The third-order valence-electron chi connectivity index (χ3n) is 9.19. The van der Waals surface area contributed by atoms with E-state index >= 15 is 0 Å². The lowest BCUT2D eigenvalue weighted by Gasteiger charge is -2.42. The summed E-state index contributed by atoms with van der Waals surface area (Å²) in [5, 5.41) is 10.5. The van der Waals surface area contributed by atoms with Gasteiger partial charge in [-0.1, -0.05) is 19.8 Å². The molecule has 4 rings (SSSR count). The van der Waals surface area contributed by atoms with Crippen molar-refractivity contribution in [2.75, 3.05) is 20.3 Å². The number of likely N-dealkylation sites (tertiary alicyclic amines) is 1. The van der Waals surface area contributed by atoms with Crippen LogP contribution in [-0.4, -0.2) is 65.1 Å². The number of nitrogens with one attached hydrogen (secondary N) is 2. The van der Waals surface area contributed by atoms with Gasteiger partial charge in [0.25, 0.3) is 0 Å². The van der Waals surface area contributed by atoms with Gasteiger partial charge in [0.05, 0.1) is 24.4 Å². The van der Waals surface area contributed by atoms with E-state index in [2.05, 4.69) is 29.7 Å². The zero-order chi connectivity index (χ0) is 24.1. The Morgan fingerprint density at radius 3 is 2.52 bits per heavy atom. The molecule has 2 heterocycles. The molecule has 190 valence electrons. The van der Waals surface area contributed by atoms with E-state index in [1.807, 2.05) is 0 Å². The number of hydrogen-bond donors (Lipinski definition) is 3. The minimum Gasteiger partial charge on any atom is -0.390 e. The number of carbonyl (C=O) groups excluding carboxylic acids is 1. The zero-order valence-electron chi connectivity index (χ0n) is 20.4. The summed E-state index contributed by atoms with van der Waals surface area (Å²) in [5.74, 6) is -2.51. The second-order valence-electron chi connectivity index (χ2n) is 11.8. The van der Waals surface area contributed by atoms with Crippen molar-refractivity contribution in [1.82, 2.24) is 20.7 Å². The van der Waals surface area contributed by atoms with Crippen LogP contribution in [0.4, 0.5) is 13.2 Å². The zero-order valence-corrected chi connectivity index (χ0v) is 20.4. The van der Waals surface area contributed by atoms with Crippen LogP contribution in [0.3, 0.4) is 0 Å². The van der Waals surface area contributed by atoms with Gasteiger partial charge in [-0.2, -0.15) is 13.2 Å². The van der Waals surface area contributed by atoms with Crippen LogP contribution >= 0.6 is 0 Å². The van der Waals surface area contributed by atoms with Crippen molar-refractivity contribution in [2.45, 2.75) is 89.7 Å². The van der Waals surface area contributed by atoms with Gasteiger partial charge in [-0.05, 0) is 76.7 Å². The fraction of sp³-hybridized carbons (Fsp3) is 0.958. The van der Waals surface area contributed by atoms with E-state index in [1.165, 1.54) is 0 Å². The first-order valence-corrected chi connectivity index (χ1v) is 12.6. The number of alkyl halides is 3. The van der Waals surface area contributed by atoms with Gasteiger partial charge in [0.1, 0.15) is 0 Å². The summed E-state index contributed by atoms with van der Waals surface area (Å²) in [5.41, 5.74) is 5.25. The second kappa shape index (κ2) is 9.28. The molecule has 9 heteroatoms. The molecular formula is C24H41F3N4O2. The van der Waals surface area contributed by atoms with Crippen LogP contribution in [-0.2, 0) is 4.79 Å². The number of carbonyl (C=O) groups is 1. The van der Waals surface area contributed by atoms with Crippen molar-refractivity contribution in [2.24, 2.45) is 35.5 Å². The number of hydrogen-bond acceptors (Lipinski definition) is 5. The van der Waals surface area contributed by atoms with E-state index in [-0.39, 0.29) is 31.1 Å². The maximum atomic E-state index is 14.0. The molecule has 0 radical (unpaired) electrons. The summed E-state index contributed by atoms with van der Waals surface area (Å²) < 4.78 is 42.0. The average Bonchev–Trinajstić information content (AvgIpc) is 3.29. The van der Waals surface area contributed by atoms with Crippen LogP contribution < -0.4 is 10.9 Å². The highest BCUT2D eigenvalue weighted by molar-refractivity contribution is 5.82. The molecule has 0 bridgehead atoms. The SMILES string of the molecule is C[C@H](CC1NNCN1C)C1CCCC(N2CC3C(CC(C(C)(C)O)CC3C(F)(F)F)C2=O)C1. The predicted octanol–water partition coefficient (Wildman–Crippen LogP) is 3.33. The van der Waals surface area contributed by atoms with Crippen molar-refractivity contribution in [1.29, 1.82) is 0 Å². The lowest BCUT2D eigenvalue weighted by molar-refractivity contribution is -0.210. The molecule has 0 spiro atoms. The topological polar surface area (TPSA) is 67.8 Å². The molecular weight excluding hydrogens is 433 g/mol. The summed E-state index contributed by atoms with van der Waals surface area (Å²) in [4.78, 5) is 17.5. The summed E-state index contributed by atoms with van der Waals surface area (Å²) >= 11 is 0. The van der Waals surface area contributed by atoms with Crippen molar-refractivity contribution >= 4 is 5.91 Å². The summed E-state index contributed by atoms with van der Waals surface area (Å²) in [6, 6.07) is 0.0335. The summed E-state index contributed by atoms with van der Waals surface area (Å²) in [6.07, 6.45) is 1.09. The molecule has 33 heavy (non-hydrogen) atoms. The molecule has 2 saturated heterocycles. The van der Waals surface area contributed by atoms with Crippen LogP contribution in [0, 0.1) is 35.5 Å². The van der Waals surface area contributed by atoms with Gasteiger partial charge in [0.2, 0.25) is 5.91 Å². The van der Waals surface area contributed by atoms with Gasteiger partial charge in [-0.3, -0.25) is 9.69 Å². The van der Waals surface area contributed by atoms with Gasteiger partial charge < -0.3 is 10.0 Å². The number of nitrogens with zero attached hydrogens (tertiary/aromatic N) is 2. The first-order chi connectivity index (χ1) is 15.4. The van der Waals surface area contributed by atoms with Crippen LogP contribution in [0.25, 0.3) is 0 Å². The molecule has 8 atom stereocenters. The fourth-order valence-corrected chi connectivity index (χ4v) is 6.98. The van der Waals surface area contributed by atoms with Gasteiger partial charge in [0, 0.05) is 18.5 Å². The van der Waals surface area contributed by atoms with Gasteiger partial charge >= 0.3 is 6.18 Å². The molecule has 0 aromatic heterocycles. The molecule has 2 aliphatic carbocycles. The molecule has 4 fully saturated rings. The van der Waals surface area contributed by atoms with Gasteiger partial charge in [-0.15, -0.1) is 0 Å². The van der Waals surface area contributed by atoms with E-state index in [4.69, 9.17) is 0 Å². The maximum Gasteiger partial charge on any atom is 0.392 e. The highest BCUT2D eigenvalue weighted by Gasteiger charge is 2.59. The maximum absolute atomic E-state index is 14.0. The standard InChI is InChI=1S/C24H41F3N4O2/c1-14(8-21-29-28-13-30(21)4)15-6-5-7-17(9-15)31-12-19-18(22(31)32)10-16(23(2,3)33)11-20(19)24(25,26)27/h14-21,28-29,33H,5-13H2,1-4H3/t14-,15?,16?,17?,18?,19?,20?,21?/m1/s1. The molecule has 3 N–H and O–H groups in total. The third kappa shape index (κ3) is 5.21. The lowest BCUT2D eigenvalue weighted by atomic mass is 9.65. The Morgan fingerprint density at radius 1 is 1.18 bits per heavy atom. The van der Waals surface area contributed by atoms with Crippen LogP contribution in [0.5, 0.6) is 0 Å².